The van der Waals surface area contributed by atoms with Gasteiger partial charge in [0.2, 0.25) is 0 Å². The number of hydrogen-bond acceptors (Lipinski definition) is 3. The maximum absolute atomic E-state index is 5.48. The Labute approximate surface area is 84.7 Å². The molecule has 1 saturated carbocycles. The lowest BCUT2D eigenvalue weighted by molar-refractivity contribution is 0.754. The predicted molar refractivity (Wildman–Crippen MR) is 58.0 cm³/mol. The van der Waals surface area contributed by atoms with Crippen molar-refractivity contribution < 1.29 is 0 Å². The minimum atomic E-state index is 0.518. The van der Waals surface area contributed by atoms with Gasteiger partial charge in [-0.25, -0.2) is 0 Å². The van der Waals surface area contributed by atoms with Gasteiger partial charge >= 0.3 is 0 Å². The first-order valence-electron chi connectivity index (χ1n) is 5.30. The van der Waals surface area contributed by atoms with Gasteiger partial charge in [0.1, 0.15) is 0 Å². The van der Waals surface area contributed by atoms with Gasteiger partial charge in [-0.2, -0.15) is 0 Å². The number of anilines is 1. The number of nitrogens with one attached hydrogen (secondary N) is 1. The molecule has 14 heavy (non-hydrogen) atoms. The highest BCUT2D eigenvalue weighted by atomic mass is 14.9. The molecule has 1 aliphatic rings. The first kappa shape index (κ1) is 9.46. The minimum absolute atomic E-state index is 0.518. The molecule has 1 heterocycles. The highest BCUT2D eigenvalue weighted by Crippen LogP contribution is 2.21. The van der Waals surface area contributed by atoms with E-state index in [1.54, 1.807) is 0 Å². The maximum Gasteiger partial charge on any atom is 0.0541 e. The summed E-state index contributed by atoms with van der Waals surface area (Å²) in [5.41, 5.74) is 7.55. The predicted octanol–water partition coefficient (Wildman–Crippen LogP) is 1.89. The maximum atomic E-state index is 5.48. The van der Waals surface area contributed by atoms with Gasteiger partial charge in [-0.3, -0.25) is 4.98 Å². The lowest BCUT2D eigenvalue weighted by Gasteiger charge is -2.12. The van der Waals surface area contributed by atoms with Crippen molar-refractivity contribution in [2.24, 2.45) is 5.73 Å². The molecule has 0 saturated heterocycles. The Morgan fingerprint density at radius 2 is 2.14 bits per heavy atom. The Balaban J connectivity index is 1.95. The van der Waals surface area contributed by atoms with E-state index in [4.69, 9.17) is 5.73 Å². The first-order chi connectivity index (χ1) is 6.88. The second-order valence-corrected chi connectivity index (χ2v) is 3.87. The third-order valence-electron chi connectivity index (χ3n) is 2.76. The molecule has 1 fully saturated rings. The molecule has 0 bridgehead atoms. The Morgan fingerprint density at radius 1 is 1.36 bits per heavy atom. The van der Waals surface area contributed by atoms with E-state index in [-0.39, 0.29) is 0 Å². The second kappa shape index (κ2) is 4.42. The summed E-state index contributed by atoms with van der Waals surface area (Å²) in [7, 11) is 0. The van der Waals surface area contributed by atoms with Crippen molar-refractivity contribution >= 4 is 5.69 Å². The van der Waals surface area contributed by atoms with Gasteiger partial charge in [-0.05, 0) is 25.0 Å². The number of hydrogen-bond donors (Lipinski definition) is 2. The Bertz CT molecular complexity index is 275. The standard InChI is InChI=1S/C11H17N3/c12-7-10-5-6-11(8-13-10)14-9-3-1-2-4-9/h5-6,8-9,14H,1-4,7,12H2. The van der Waals surface area contributed by atoms with Gasteiger partial charge in [0.15, 0.2) is 0 Å². The van der Waals surface area contributed by atoms with Crippen LogP contribution in [0, 0.1) is 0 Å². The third kappa shape index (κ3) is 2.23. The molecule has 0 spiro atoms. The van der Waals surface area contributed by atoms with E-state index in [1.165, 1.54) is 25.7 Å². The molecule has 0 aliphatic heterocycles. The number of nitrogens with zero attached hydrogens (tertiary/aromatic N) is 1. The summed E-state index contributed by atoms with van der Waals surface area (Å²) >= 11 is 0. The fraction of sp³-hybridized carbons (Fsp3) is 0.545. The van der Waals surface area contributed by atoms with Gasteiger partial charge < -0.3 is 11.1 Å². The highest BCUT2D eigenvalue weighted by Gasteiger charge is 2.14. The molecule has 0 aromatic carbocycles. The number of rotatable bonds is 3. The van der Waals surface area contributed by atoms with E-state index in [1.807, 2.05) is 12.3 Å². The minimum Gasteiger partial charge on any atom is -0.381 e. The van der Waals surface area contributed by atoms with Crippen molar-refractivity contribution in [1.29, 1.82) is 0 Å². The van der Waals surface area contributed by atoms with Crippen LogP contribution >= 0.6 is 0 Å². The summed E-state index contributed by atoms with van der Waals surface area (Å²) in [6.45, 7) is 0.518. The zero-order valence-corrected chi connectivity index (χ0v) is 8.37. The fourth-order valence-corrected chi connectivity index (χ4v) is 1.94. The van der Waals surface area contributed by atoms with Crippen LogP contribution < -0.4 is 11.1 Å². The van der Waals surface area contributed by atoms with Crippen LogP contribution in [0.1, 0.15) is 31.4 Å². The normalized spacial score (nSPS) is 17.2. The average molecular weight is 191 g/mol. The van der Waals surface area contributed by atoms with E-state index in [0.29, 0.717) is 12.6 Å². The van der Waals surface area contributed by atoms with E-state index in [9.17, 15) is 0 Å². The van der Waals surface area contributed by atoms with Crippen LogP contribution in [0.5, 0.6) is 0 Å². The van der Waals surface area contributed by atoms with E-state index in [0.717, 1.165) is 11.4 Å². The summed E-state index contributed by atoms with van der Waals surface area (Å²) in [4.78, 5) is 4.25. The largest absolute Gasteiger partial charge is 0.381 e. The summed E-state index contributed by atoms with van der Waals surface area (Å²) in [6.07, 6.45) is 7.16. The second-order valence-electron chi connectivity index (χ2n) is 3.87. The Morgan fingerprint density at radius 3 is 2.71 bits per heavy atom. The van der Waals surface area contributed by atoms with Crippen LogP contribution in [0.4, 0.5) is 5.69 Å². The summed E-state index contributed by atoms with van der Waals surface area (Å²) in [5.74, 6) is 0. The molecular weight excluding hydrogens is 174 g/mol. The van der Waals surface area contributed by atoms with Crippen LogP contribution in [-0.2, 0) is 6.54 Å². The van der Waals surface area contributed by atoms with E-state index >= 15 is 0 Å². The zero-order valence-electron chi connectivity index (χ0n) is 8.37. The van der Waals surface area contributed by atoms with Crippen LogP contribution in [-0.4, -0.2) is 11.0 Å². The van der Waals surface area contributed by atoms with Crippen LogP contribution in [0.2, 0.25) is 0 Å². The quantitative estimate of drug-likeness (QED) is 0.767. The van der Waals surface area contributed by atoms with Crippen molar-refractivity contribution in [3.63, 3.8) is 0 Å². The summed E-state index contributed by atoms with van der Waals surface area (Å²) in [5, 5.41) is 3.49. The van der Waals surface area contributed by atoms with Crippen molar-refractivity contribution in [3.8, 4) is 0 Å². The number of pyridine rings is 1. The molecule has 1 aromatic rings. The number of aromatic nitrogens is 1. The van der Waals surface area contributed by atoms with Crippen molar-refractivity contribution in [1.82, 2.24) is 4.98 Å². The molecule has 3 N–H and O–H groups in total. The zero-order chi connectivity index (χ0) is 9.80. The lowest BCUT2D eigenvalue weighted by atomic mass is 10.2. The van der Waals surface area contributed by atoms with E-state index < -0.39 is 0 Å². The van der Waals surface area contributed by atoms with Gasteiger partial charge in [0, 0.05) is 12.6 Å². The molecule has 0 unspecified atom stereocenters. The summed E-state index contributed by atoms with van der Waals surface area (Å²) < 4.78 is 0. The Hall–Kier alpha value is -1.09. The molecule has 0 atom stereocenters. The fourth-order valence-electron chi connectivity index (χ4n) is 1.94. The Kier molecular flexibility index (Phi) is 2.99. The SMILES string of the molecule is NCc1ccc(NC2CCCC2)cn1. The molecular formula is C11H17N3. The average Bonchev–Trinajstić information content (AvgIpc) is 2.72. The third-order valence-corrected chi connectivity index (χ3v) is 2.76. The van der Waals surface area contributed by atoms with Gasteiger partial charge in [-0.15, -0.1) is 0 Å². The molecule has 3 heteroatoms. The topological polar surface area (TPSA) is 50.9 Å². The van der Waals surface area contributed by atoms with Gasteiger partial charge in [-0.1, -0.05) is 12.8 Å². The van der Waals surface area contributed by atoms with Crippen molar-refractivity contribution in [2.75, 3.05) is 5.32 Å². The molecule has 0 radical (unpaired) electrons. The van der Waals surface area contributed by atoms with Crippen LogP contribution in [0.3, 0.4) is 0 Å². The smallest absolute Gasteiger partial charge is 0.0541 e. The molecule has 0 amide bonds. The highest BCUT2D eigenvalue weighted by molar-refractivity contribution is 5.42. The monoisotopic (exact) mass is 191 g/mol. The lowest BCUT2D eigenvalue weighted by Crippen LogP contribution is -2.14. The van der Waals surface area contributed by atoms with Crippen LogP contribution in [0.25, 0.3) is 0 Å². The first-order valence-corrected chi connectivity index (χ1v) is 5.30. The van der Waals surface area contributed by atoms with E-state index in [2.05, 4.69) is 16.4 Å². The van der Waals surface area contributed by atoms with Crippen molar-refractivity contribution in [3.05, 3.63) is 24.0 Å². The molecule has 3 nitrogen and oxygen atoms in total. The molecule has 2 rings (SSSR count). The van der Waals surface area contributed by atoms with Crippen LogP contribution in [0.15, 0.2) is 18.3 Å². The van der Waals surface area contributed by atoms with Gasteiger partial charge in [0.25, 0.3) is 0 Å². The number of nitrogens with two attached hydrogens (primary N) is 1. The molecule has 76 valence electrons. The molecule has 1 aromatic heterocycles. The molecule has 1 aliphatic carbocycles. The van der Waals surface area contributed by atoms with Crippen molar-refractivity contribution in [2.45, 2.75) is 38.3 Å². The summed E-state index contributed by atoms with van der Waals surface area (Å²) in [6, 6.07) is 4.70. The van der Waals surface area contributed by atoms with Gasteiger partial charge in [0.05, 0.1) is 17.6 Å².